The van der Waals surface area contributed by atoms with Gasteiger partial charge < -0.3 is 10.5 Å². The summed E-state index contributed by atoms with van der Waals surface area (Å²) < 4.78 is 5.11. The van der Waals surface area contributed by atoms with Crippen LogP contribution in [0.4, 0.5) is 0 Å². The highest BCUT2D eigenvalue weighted by Gasteiger charge is 2.11. The van der Waals surface area contributed by atoms with Crippen molar-refractivity contribution in [2.24, 2.45) is 5.73 Å². The molecule has 0 aliphatic carbocycles. The largest absolute Gasteiger partial charge is 0.426 e. The Kier molecular flexibility index (Phi) is 3.86. The summed E-state index contributed by atoms with van der Waals surface area (Å²) in [6.45, 7) is 5.96. The van der Waals surface area contributed by atoms with Crippen molar-refractivity contribution >= 4 is 5.97 Å². The van der Waals surface area contributed by atoms with Crippen LogP contribution in [0.3, 0.4) is 0 Å². The SMILES string of the molecule is CC(=O)Oc1cccc(C(C)C)c1CN. The molecule has 1 aromatic rings. The van der Waals surface area contributed by atoms with E-state index in [2.05, 4.69) is 13.8 Å². The first-order valence-corrected chi connectivity index (χ1v) is 5.06. The van der Waals surface area contributed by atoms with Gasteiger partial charge in [-0.1, -0.05) is 26.0 Å². The lowest BCUT2D eigenvalue weighted by molar-refractivity contribution is -0.131. The predicted octanol–water partition coefficient (Wildman–Crippen LogP) is 2.19. The molecule has 0 aromatic heterocycles. The molecular formula is C12H17NO2. The topological polar surface area (TPSA) is 52.3 Å². The number of esters is 1. The molecule has 3 heteroatoms. The van der Waals surface area contributed by atoms with E-state index in [9.17, 15) is 4.79 Å². The molecule has 15 heavy (non-hydrogen) atoms. The Labute approximate surface area is 90.2 Å². The number of hydrogen-bond donors (Lipinski definition) is 1. The number of carbonyl (C=O) groups is 1. The second-order valence-corrected chi connectivity index (χ2v) is 3.78. The van der Waals surface area contributed by atoms with Gasteiger partial charge in [0.25, 0.3) is 0 Å². The Morgan fingerprint density at radius 2 is 2.13 bits per heavy atom. The number of nitrogens with two attached hydrogens (primary N) is 1. The summed E-state index contributed by atoms with van der Waals surface area (Å²) in [4.78, 5) is 10.9. The predicted molar refractivity (Wildman–Crippen MR) is 59.7 cm³/mol. The molecule has 0 saturated heterocycles. The minimum absolute atomic E-state index is 0.314. The quantitative estimate of drug-likeness (QED) is 0.610. The standard InChI is InChI=1S/C12H17NO2/c1-8(2)10-5-4-6-12(11(10)7-13)15-9(3)14/h4-6,8H,7,13H2,1-3H3. The van der Waals surface area contributed by atoms with E-state index in [0.717, 1.165) is 11.1 Å². The molecule has 1 aromatic carbocycles. The molecule has 0 radical (unpaired) electrons. The summed E-state index contributed by atoms with van der Waals surface area (Å²) in [5.41, 5.74) is 7.73. The summed E-state index contributed by atoms with van der Waals surface area (Å²) in [7, 11) is 0. The number of rotatable bonds is 3. The van der Waals surface area contributed by atoms with E-state index in [1.807, 2.05) is 12.1 Å². The number of benzene rings is 1. The van der Waals surface area contributed by atoms with Gasteiger partial charge in [0.05, 0.1) is 0 Å². The van der Waals surface area contributed by atoms with Gasteiger partial charge in [-0.05, 0) is 17.5 Å². The van der Waals surface area contributed by atoms with Gasteiger partial charge in [0.2, 0.25) is 0 Å². The average Bonchev–Trinajstić information content (AvgIpc) is 2.16. The third-order valence-corrected chi connectivity index (χ3v) is 2.25. The van der Waals surface area contributed by atoms with Crippen molar-refractivity contribution in [3.05, 3.63) is 29.3 Å². The second-order valence-electron chi connectivity index (χ2n) is 3.78. The highest BCUT2D eigenvalue weighted by molar-refractivity contribution is 5.70. The fourth-order valence-electron chi connectivity index (χ4n) is 1.59. The highest BCUT2D eigenvalue weighted by Crippen LogP contribution is 2.27. The van der Waals surface area contributed by atoms with Crippen LogP contribution < -0.4 is 10.5 Å². The van der Waals surface area contributed by atoms with E-state index in [1.54, 1.807) is 6.07 Å². The molecule has 1 rings (SSSR count). The molecule has 0 atom stereocenters. The minimum Gasteiger partial charge on any atom is -0.426 e. The van der Waals surface area contributed by atoms with Crippen molar-refractivity contribution in [2.75, 3.05) is 0 Å². The first-order valence-electron chi connectivity index (χ1n) is 5.06. The van der Waals surface area contributed by atoms with Gasteiger partial charge in [0.15, 0.2) is 0 Å². The van der Waals surface area contributed by atoms with Gasteiger partial charge in [0.1, 0.15) is 5.75 Å². The van der Waals surface area contributed by atoms with Crippen molar-refractivity contribution in [3.8, 4) is 5.75 Å². The van der Waals surface area contributed by atoms with Gasteiger partial charge in [-0.25, -0.2) is 0 Å². The Morgan fingerprint density at radius 1 is 1.47 bits per heavy atom. The van der Waals surface area contributed by atoms with Crippen LogP contribution >= 0.6 is 0 Å². The van der Waals surface area contributed by atoms with E-state index in [1.165, 1.54) is 6.92 Å². The normalized spacial score (nSPS) is 10.5. The van der Waals surface area contributed by atoms with Crippen LogP contribution in [0.25, 0.3) is 0 Å². The summed E-state index contributed by atoms with van der Waals surface area (Å²) in [6, 6.07) is 5.67. The van der Waals surface area contributed by atoms with E-state index in [-0.39, 0.29) is 5.97 Å². The summed E-state index contributed by atoms with van der Waals surface area (Å²) in [5, 5.41) is 0. The Hall–Kier alpha value is -1.35. The smallest absolute Gasteiger partial charge is 0.308 e. The Morgan fingerprint density at radius 3 is 2.60 bits per heavy atom. The Bertz CT molecular complexity index is 359. The van der Waals surface area contributed by atoms with Crippen LogP contribution in [-0.2, 0) is 11.3 Å². The van der Waals surface area contributed by atoms with Crippen LogP contribution in [0.15, 0.2) is 18.2 Å². The van der Waals surface area contributed by atoms with Crippen LogP contribution in [-0.4, -0.2) is 5.97 Å². The fraction of sp³-hybridized carbons (Fsp3) is 0.417. The zero-order chi connectivity index (χ0) is 11.4. The molecule has 0 unspecified atom stereocenters. The number of carbonyl (C=O) groups excluding carboxylic acids is 1. The van der Waals surface area contributed by atoms with Crippen molar-refractivity contribution in [1.82, 2.24) is 0 Å². The van der Waals surface area contributed by atoms with E-state index in [4.69, 9.17) is 10.5 Å². The molecule has 0 saturated carbocycles. The number of ether oxygens (including phenoxy) is 1. The van der Waals surface area contributed by atoms with E-state index in [0.29, 0.717) is 18.2 Å². The van der Waals surface area contributed by atoms with Gasteiger partial charge in [-0.15, -0.1) is 0 Å². The zero-order valence-corrected chi connectivity index (χ0v) is 9.41. The summed E-state index contributed by atoms with van der Waals surface area (Å²) in [6.07, 6.45) is 0. The van der Waals surface area contributed by atoms with E-state index >= 15 is 0 Å². The third-order valence-electron chi connectivity index (χ3n) is 2.25. The molecular weight excluding hydrogens is 190 g/mol. The van der Waals surface area contributed by atoms with Crippen LogP contribution in [0.5, 0.6) is 5.75 Å². The molecule has 0 fully saturated rings. The second kappa shape index (κ2) is 4.94. The first-order chi connectivity index (χ1) is 7.06. The highest BCUT2D eigenvalue weighted by atomic mass is 16.5. The maximum absolute atomic E-state index is 10.9. The summed E-state index contributed by atoms with van der Waals surface area (Å²) >= 11 is 0. The maximum atomic E-state index is 10.9. The van der Waals surface area contributed by atoms with Crippen LogP contribution in [0, 0.1) is 0 Å². The fourth-order valence-corrected chi connectivity index (χ4v) is 1.59. The van der Waals surface area contributed by atoms with Crippen LogP contribution in [0.2, 0.25) is 0 Å². The summed E-state index contributed by atoms with van der Waals surface area (Å²) in [5.74, 6) is 0.640. The van der Waals surface area contributed by atoms with Gasteiger partial charge in [-0.2, -0.15) is 0 Å². The molecule has 0 spiro atoms. The van der Waals surface area contributed by atoms with Crippen molar-refractivity contribution < 1.29 is 9.53 Å². The molecule has 3 nitrogen and oxygen atoms in total. The first kappa shape index (κ1) is 11.7. The molecule has 82 valence electrons. The molecule has 0 aliphatic heterocycles. The molecule has 0 bridgehead atoms. The van der Waals surface area contributed by atoms with Crippen molar-refractivity contribution in [2.45, 2.75) is 33.2 Å². The van der Waals surface area contributed by atoms with Gasteiger partial charge >= 0.3 is 5.97 Å². The lowest BCUT2D eigenvalue weighted by Gasteiger charge is -2.14. The van der Waals surface area contributed by atoms with E-state index < -0.39 is 0 Å². The molecule has 0 heterocycles. The maximum Gasteiger partial charge on any atom is 0.308 e. The minimum atomic E-state index is -0.314. The average molecular weight is 207 g/mol. The van der Waals surface area contributed by atoms with Gasteiger partial charge in [0, 0.05) is 19.0 Å². The monoisotopic (exact) mass is 207 g/mol. The lowest BCUT2D eigenvalue weighted by Crippen LogP contribution is -2.09. The van der Waals surface area contributed by atoms with Crippen LogP contribution in [0.1, 0.15) is 37.8 Å². The third kappa shape index (κ3) is 2.80. The zero-order valence-electron chi connectivity index (χ0n) is 9.41. The molecule has 2 N–H and O–H groups in total. The van der Waals surface area contributed by atoms with Crippen molar-refractivity contribution in [1.29, 1.82) is 0 Å². The van der Waals surface area contributed by atoms with Crippen molar-refractivity contribution in [3.63, 3.8) is 0 Å². The Balaban J connectivity index is 3.15. The molecule has 0 amide bonds. The van der Waals surface area contributed by atoms with Gasteiger partial charge in [-0.3, -0.25) is 4.79 Å². The molecule has 0 aliphatic rings. The number of hydrogen-bond acceptors (Lipinski definition) is 3. The lowest BCUT2D eigenvalue weighted by atomic mass is 9.96.